The van der Waals surface area contributed by atoms with Crippen molar-refractivity contribution in [1.82, 2.24) is 15.0 Å². The highest BCUT2D eigenvalue weighted by Gasteiger charge is 2.19. The summed E-state index contributed by atoms with van der Waals surface area (Å²) in [7, 11) is 0. The second-order valence-corrected chi connectivity index (χ2v) is 7.57. The van der Waals surface area contributed by atoms with Crippen LogP contribution < -0.4 is 20.1 Å². The summed E-state index contributed by atoms with van der Waals surface area (Å²) in [5.74, 6) is 0.377. The maximum atomic E-state index is 12.5. The molecule has 1 aliphatic heterocycles. The molecule has 2 aromatic carbocycles. The third kappa shape index (κ3) is 4.89. The van der Waals surface area contributed by atoms with Crippen LogP contribution in [0.2, 0.25) is 10.0 Å². The molecule has 1 aliphatic rings. The Morgan fingerprint density at radius 2 is 1.71 bits per heavy atom. The first-order chi connectivity index (χ1) is 14.9. The average Bonchev–Trinajstić information content (AvgIpc) is 3.07. The number of carbonyl (C=O) groups excluding carboxylic acids is 2. The number of benzene rings is 2. The minimum atomic E-state index is -0.491. The van der Waals surface area contributed by atoms with Crippen LogP contribution >= 0.6 is 23.2 Å². The third-order valence-electron chi connectivity index (χ3n) is 4.44. The maximum Gasteiger partial charge on any atom is 0.278 e. The number of carbonyl (C=O) groups is 2. The van der Waals surface area contributed by atoms with Crippen LogP contribution in [0.25, 0.3) is 0 Å². The van der Waals surface area contributed by atoms with Gasteiger partial charge in [0.05, 0.1) is 5.69 Å². The Bertz CT molecular complexity index is 1140. The van der Waals surface area contributed by atoms with Crippen LogP contribution in [0.15, 0.2) is 36.4 Å². The SMILES string of the molecule is Cc1c(C(=O)Nc2cc(Cl)cc(Cl)c2)nnn1CC(=O)Nc1ccc2c(c1)OCCO2. The molecule has 0 unspecified atom stereocenters. The largest absolute Gasteiger partial charge is 0.486 e. The molecule has 31 heavy (non-hydrogen) atoms. The number of amides is 2. The zero-order chi connectivity index (χ0) is 22.0. The zero-order valence-corrected chi connectivity index (χ0v) is 17.8. The van der Waals surface area contributed by atoms with E-state index in [1.165, 1.54) is 4.68 Å². The lowest BCUT2D eigenvalue weighted by Crippen LogP contribution is -2.21. The van der Waals surface area contributed by atoms with Crippen molar-refractivity contribution in [3.63, 3.8) is 0 Å². The highest BCUT2D eigenvalue weighted by Crippen LogP contribution is 2.32. The highest BCUT2D eigenvalue weighted by atomic mass is 35.5. The quantitative estimate of drug-likeness (QED) is 0.601. The van der Waals surface area contributed by atoms with E-state index in [-0.39, 0.29) is 18.1 Å². The predicted octanol–water partition coefficient (Wildman–Crippen LogP) is 3.56. The van der Waals surface area contributed by atoms with Crippen molar-refractivity contribution in [3.05, 3.63) is 57.8 Å². The van der Waals surface area contributed by atoms with Gasteiger partial charge in [0.2, 0.25) is 5.91 Å². The molecule has 0 bridgehead atoms. The zero-order valence-electron chi connectivity index (χ0n) is 16.3. The lowest BCUT2D eigenvalue weighted by Gasteiger charge is -2.19. The molecular formula is C20H17Cl2N5O4. The van der Waals surface area contributed by atoms with Crippen LogP contribution in [0.4, 0.5) is 11.4 Å². The number of fused-ring (bicyclic) bond motifs is 1. The van der Waals surface area contributed by atoms with Gasteiger partial charge in [0.15, 0.2) is 17.2 Å². The number of halogens is 2. The number of rotatable bonds is 5. The van der Waals surface area contributed by atoms with Crippen LogP contribution in [-0.2, 0) is 11.3 Å². The number of nitrogens with one attached hydrogen (secondary N) is 2. The van der Waals surface area contributed by atoms with Gasteiger partial charge in [-0.15, -0.1) is 5.10 Å². The molecule has 0 saturated heterocycles. The van der Waals surface area contributed by atoms with Crippen LogP contribution in [0.5, 0.6) is 11.5 Å². The molecule has 9 nitrogen and oxygen atoms in total. The number of anilines is 2. The molecule has 3 aromatic rings. The molecular weight excluding hydrogens is 445 g/mol. The fourth-order valence-electron chi connectivity index (χ4n) is 2.99. The summed E-state index contributed by atoms with van der Waals surface area (Å²) >= 11 is 11.9. The van der Waals surface area contributed by atoms with Gasteiger partial charge in [0, 0.05) is 27.5 Å². The Morgan fingerprint density at radius 3 is 2.45 bits per heavy atom. The number of nitrogens with zero attached hydrogens (tertiary/aromatic N) is 3. The molecule has 0 saturated carbocycles. The second-order valence-electron chi connectivity index (χ2n) is 6.70. The summed E-state index contributed by atoms with van der Waals surface area (Å²) in [6.45, 7) is 2.47. The Labute approximate surface area is 187 Å². The van der Waals surface area contributed by atoms with Crippen LogP contribution in [0.1, 0.15) is 16.2 Å². The monoisotopic (exact) mass is 461 g/mol. The lowest BCUT2D eigenvalue weighted by atomic mass is 10.2. The molecule has 1 aromatic heterocycles. The number of hydrogen-bond acceptors (Lipinski definition) is 6. The third-order valence-corrected chi connectivity index (χ3v) is 4.87. The standard InChI is InChI=1S/C20H17Cl2N5O4/c1-11-19(20(29)24-15-7-12(21)6-13(22)8-15)25-26-27(11)10-18(28)23-14-2-3-16-17(9-14)31-5-4-30-16/h2-3,6-9H,4-5,10H2,1H3,(H,23,28)(H,24,29). The molecule has 4 rings (SSSR count). The average molecular weight is 462 g/mol. The second kappa shape index (κ2) is 8.83. The Balaban J connectivity index is 1.41. The predicted molar refractivity (Wildman–Crippen MR) is 115 cm³/mol. The van der Waals surface area contributed by atoms with E-state index in [0.717, 1.165) is 0 Å². The van der Waals surface area contributed by atoms with Gasteiger partial charge in [0.1, 0.15) is 19.8 Å². The van der Waals surface area contributed by atoms with E-state index in [1.807, 2.05) is 0 Å². The van der Waals surface area contributed by atoms with E-state index in [0.29, 0.717) is 51.8 Å². The topological polar surface area (TPSA) is 107 Å². The molecule has 0 aliphatic carbocycles. The molecule has 2 N–H and O–H groups in total. The van der Waals surface area contributed by atoms with Gasteiger partial charge in [0.25, 0.3) is 5.91 Å². The number of aromatic nitrogens is 3. The summed E-state index contributed by atoms with van der Waals surface area (Å²) in [4.78, 5) is 25.0. The normalized spacial score (nSPS) is 12.4. The van der Waals surface area contributed by atoms with E-state index in [9.17, 15) is 9.59 Å². The summed E-state index contributed by atoms with van der Waals surface area (Å²) in [6, 6.07) is 9.82. The fraction of sp³-hybridized carbons (Fsp3) is 0.200. The van der Waals surface area contributed by atoms with Crippen molar-refractivity contribution in [1.29, 1.82) is 0 Å². The Kier molecular flexibility index (Phi) is 5.97. The van der Waals surface area contributed by atoms with Crippen molar-refractivity contribution in [2.45, 2.75) is 13.5 Å². The molecule has 0 atom stereocenters. The van der Waals surface area contributed by atoms with Gasteiger partial charge < -0.3 is 20.1 Å². The number of ether oxygens (including phenoxy) is 2. The van der Waals surface area contributed by atoms with Gasteiger partial charge in [-0.2, -0.15) is 0 Å². The number of hydrogen-bond donors (Lipinski definition) is 2. The van der Waals surface area contributed by atoms with E-state index in [2.05, 4.69) is 20.9 Å². The molecule has 0 radical (unpaired) electrons. The van der Waals surface area contributed by atoms with Crippen molar-refractivity contribution in [2.75, 3.05) is 23.8 Å². The van der Waals surface area contributed by atoms with Gasteiger partial charge in [-0.3, -0.25) is 9.59 Å². The minimum Gasteiger partial charge on any atom is -0.486 e. The first-order valence-corrected chi connectivity index (χ1v) is 10.0. The molecule has 11 heteroatoms. The van der Waals surface area contributed by atoms with E-state index in [4.69, 9.17) is 32.7 Å². The van der Waals surface area contributed by atoms with E-state index < -0.39 is 5.91 Å². The Morgan fingerprint density at radius 1 is 1.00 bits per heavy atom. The van der Waals surface area contributed by atoms with Gasteiger partial charge >= 0.3 is 0 Å². The summed E-state index contributed by atoms with van der Waals surface area (Å²) in [5.41, 5.74) is 1.50. The van der Waals surface area contributed by atoms with Crippen molar-refractivity contribution >= 4 is 46.4 Å². The Hall–Kier alpha value is -3.30. The lowest BCUT2D eigenvalue weighted by molar-refractivity contribution is -0.117. The summed E-state index contributed by atoms with van der Waals surface area (Å²) in [5, 5.41) is 14.0. The first-order valence-electron chi connectivity index (χ1n) is 9.26. The van der Waals surface area contributed by atoms with Gasteiger partial charge in [-0.1, -0.05) is 28.4 Å². The molecule has 0 spiro atoms. The molecule has 160 valence electrons. The smallest absolute Gasteiger partial charge is 0.278 e. The van der Waals surface area contributed by atoms with Crippen molar-refractivity contribution in [2.24, 2.45) is 0 Å². The molecule has 2 amide bonds. The van der Waals surface area contributed by atoms with E-state index in [1.54, 1.807) is 43.3 Å². The molecule has 2 heterocycles. The van der Waals surface area contributed by atoms with Crippen LogP contribution in [0, 0.1) is 6.92 Å². The maximum absolute atomic E-state index is 12.5. The summed E-state index contributed by atoms with van der Waals surface area (Å²) < 4.78 is 12.3. The van der Waals surface area contributed by atoms with Crippen LogP contribution in [-0.4, -0.2) is 40.0 Å². The van der Waals surface area contributed by atoms with Crippen LogP contribution in [0.3, 0.4) is 0 Å². The van der Waals surface area contributed by atoms with Gasteiger partial charge in [-0.25, -0.2) is 4.68 Å². The summed E-state index contributed by atoms with van der Waals surface area (Å²) in [6.07, 6.45) is 0. The van der Waals surface area contributed by atoms with E-state index >= 15 is 0 Å². The minimum absolute atomic E-state index is 0.0863. The molecule has 0 fully saturated rings. The van der Waals surface area contributed by atoms with Gasteiger partial charge in [-0.05, 0) is 37.3 Å². The van der Waals surface area contributed by atoms with Crippen molar-refractivity contribution in [3.8, 4) is 11.5 Å². The fourth-order valence-corrected chi connectivity index (χ4v) is 3.52. The first kappa shape index (κ1) is 21.0. The van der Waals surface area contributed by atoms with Crippen molar-refractivity contribution < 1.29 is 19.1 Å². The highest BCUT2D eigenvalue weighted by molar-refractivity contribution is 6.35.